The molecule has 180 valence electrons. The lowest BCUT2D eigenvalue weighted by Crippen LogP contribution is -2.29. The summed E-state index contributed by atoms with van der Waals surface area (Å²) < 4.78 is 2.98. The van der Waals surface area contributed by atoms with Gasteiger partial charge in [0.05, 0.1) is 12.1 Å². The van der Waals surface area contributed by atoms with Crippen LogP contribution in [0.5, 0.6) is 0 Å². The monoisotopic (exact) mass is 462 g/mol. The van der Waals surface area contributed by atoms with E-state index in [1.807, 2.05) is 37.3 Å². The number of carbonyl (C=O) groups excluding carboxylic acids is 1. The number of hydrogen-bond acceptors (Lipinski definition) is 3. The van der Waals surface area contributed by atoms with Gasteiger partial charge in [0.2, 0.25) is 5.91 Å². The van der Waals surface area contributed by atoms with Gasteiger partial charge >= 0.3 is 11.7 Å². The second kappa shape index (κ2) is 12.2. The zero-order valence-electron chi connectivity index (χ0n) is 20.1. The Balaban J connectivity index is 1.87. The molecule has 0 spiro atoms. The van der Waals surface area contributed by atoms with E-state index in [1.54, 1.807) is 29.0 Å². The Morgan fingerprint density at radius 2 is 1.59 bits per heavy atom. The molecule has 6 nitrogen and oxygen atoms in total. The molecule has 1 heterocycles. The van der Waals surface area contributed by atoms with E-state index in [-0.39, 0.29) is 17.2 Å². The highest BCUT2D eigenvalue weighted by Crippen LogP contribution is 2.24. The molecule has 3 rings (SSSR count). The maximum Gasteiger partial charge on any atom is 0.336 e. The van der Waals surface area contributed by atoms with Crippen LogP contribution in [-0.2, 0) is 13.0 Å². The highest BCUT2D eigenvalue weighted by Gasteiger charge is 2.17. The summed E-state index contributed by atoms with van der Waals surface area (Å²) in [6.45, 7) is 4.56. The van der Waals surface area contributed by atoms with E-state index in [0.717, 1.165) is 61.8 Å². The molecule has 0 atom stereocenters. The van der Waals surface area contributed by atoms with Crippen molar-refractivity contribution in [2.24, 2.45) is 0 Å². The van der Waals surface area contributed by atoms with E-state index in [1.165, 1.54) is 4.57 Å². The summed E-state index contributed by atoms with van der Waals surface area (Å²) in [7, 11) is 0. The smallest absolute Gasteiger partial charge is 0.336 e. The highest BCUT2D eigenvalue weighted by atomic mass is 16.4. The Hall–Kier alpha value is -3.41. The van der Waals surface area contributed by atoms with Gasteiger partial charge in [0.15, 0.2) is 0 Å². The first-order valence-corrected chi connectivity index (χ1v) is 12.2. The molecule has 0 aliphatic rings. The average Bonchev–Trinajstić information content (AvgIpc) is 3.16. The van der Waals surface area contributed by atoms with E-state index in [9.17, 15) is 19.5 Å². The third-order valence-electron chi connectivity index (χ3n) is 6.12. The first-order chi connectivity index (χ1) is 16.5. The average molecular weight is 463 g/mol. The minimum absolute atomic E-state index is 0.152. The number of aromatic nitrogens is 2. The molecule has 0 radical (unpaired) electrons. The van der Waals surface area contributed by atoms with Gasteiger partial charge in [-0.05, 0) is 42.0 Å². The molecule has 0 saturated heterocycles. The number of aryl methyl sites for hydroxylation is 1. The van der Waals surface area contributed by atoms with Gasteiger partial charge in [0, 0.05) is 18.3 Å². The van der Waals surface area contributed by atoms with E-state index >= 15 is 0 Å². The number of unbranched alkanes of at least 4 members (excludes halogenated alkanes) is 4. The van der Waals surface area contributed by atoms with Crippen LogP contribution < -0.4 is 5.69 Å². The maximum atomic E-state index is 13.1. The number of carbonyl (C=O) groups is 2. The van der Waals surface area contributed by atoms with Crippen LogP contribution in [0.1, 0.15) is 85.2 Å². The molecule has 0 amide bonds. The molecule has 6 heteroatoms. The van der Waals surface area contributed by atoms with Crippen molar-refractivity contribution >= 4 is 11.9 Å². The van der Waals surface area contributed by atoms with Crippen molar-refractivity contribution in [2.75, 3.05) is 0 Å². The Morgan fingerprint density at radius 1 is 0.882 bits per heavy atom. The molecule has 0 aliphatic carbocycles. The van der Waals surface area contributed by atoms with Crippen molar-refractivity contribution < 1.29 is 14.7 Å². The minimum atomic E-state index is -0.965. The number of carboxylic acids is 1. The number of aromatic carboxylic acids is 1. The lowest BCUT2D eigenvalue weighted by atomic mass is 9.99. The molecule has 0 saturated carbocycles. The van der Waals surface area contributed by atoms with Crippen molar-refractivity contribution in [1.29, 1.82) is 0 Å². The lowest BCUT2D eigenvalue weighted by Gasteiger charge is -2.10. The van der Waals surface area contributed by atoms with Crippen LogP contribution >= 0.6 is 0 Å². The topological polar surface area (TPSA) is 81.3 Å². The Bertz CT molecular complexity index is 1170. The van der Waals surface area contributed by atoms with Crippen molar-refractivity contribution in [3.63, 3.8) is 0 Å². The third-order valence-corrected chi connectivity index (χ3v) is 6.12. The summed E-state index contributed by atoms with van der Waals surface area (Å²) in [5.41, 5.74) is 3.23. The van der Waals surface area contributed by atoms with Crippen LogP contribution in [0.3, 0.4) is 0 Å². The Morgan fingerprint density at radius 3 is 2.26 bits per heavy atom. The number of hydrogen-bond donors (Lipinski definition) is 1. The van der Waals surface area contributed by atoms with Gasteiger partial charge in [-0.2, -0.15) is 0 Å². The fourth-order valence-electron chi connectivity index (χ4n) is 4.15. The van der Waals surface area contributed by atoms with Gasteiger partial charge in [-0.1, -0.05) is 82.0 Å². The highest BCUT2D eigenvalue weighted by molar-refractivity contribution is 5.96. The van der Waals surface area contributed by atoms with E-state index in [0.29, 0.717) is 18.5 Å². The fraction of sp³-hybridized carbons (Fsp3) is 0.393. The first-order valence-electron chi connectivity index (χ1n) is 12.2. The van der Waals surface area contributed by atoms with Crippen molar-refractivity contribution in [1.82, 2.24) is 9.13 Å². The molecule has 0 bridgehead atoms. The van der Waals surface area contributed by atoms with Gasteiger partial charge in [-0.25, -0.2) is 14.2 Å². The van der Waals surface area contributed by atoms with E-state index in [4.69, 9.17) is 0 Å². The quantitative estimate of drug-likeness (QED) is 0.334. The predicted octanol–water partition coefficient (Wildman–Crippen LogP) is 6.02. The summed E-state index contributed by atoms with van der Waals surface area (Å²) in [6.07, 6.45) is 8.89. The number of imidazole rings is 1. The number of nitrogens with zero attached hydrogens (tertiary/aromatic N) is 2. The zero-order valence-corrected chi connectivity index (χ0v) is 20.1. The van der Waals surface area contributed by atoms with Gasteiger partial charge in [-0.15, -0.1) is 0 Å². The number of rotatable bonds is 12. The lowest BCUT2D eigenvalue weighted by molar-refractivity contribution is 0.0697. The van der Waals surface area contributed by atoms with Gasteiger partial charge in [0.1, 0.15) is 0 Å². The normalized spacial score (nSPS) is 11.0. The predicted molar refractivity (Wildman–Crippen MR) is 135 cm³/mol. The minimum Gasteiger partial charge on any atom is -0.478 e. The molecule has 0 unspecified atom stereocenters. The Kier molecular flexibility index (Phi) is 9.02. The van der Waals surface area contributed by atoms with Crippen LogP contribution in [0.15, 0.2) is 59.5 Å². The second-order valence-electron chi connectivity index (χ2n) is 8.71. The van der Waals surface area contributed by atoms with E-state index in [2.05, 4.69) is 6.92 Å². The second-order valence-corrected chi connectivity index (χ2v) is 8.71. The third kappa shape index (κ3) is 6.13. The molecule has 1 N–H and O–H groups in total. The summed E-state index contributed by atoms with van der Waals surface area (Å²) in [4.78, 5) is 37.3. The number of carboxylic acid groups (broad SMARTS) is 1. The van der Waals surface area contributed by atoms with Crippen molar-refractivity contribution in [3.05, 3.63) is 82.0 Å². The van der Waals surface area contributed by atoms with Crippen LogP contribution in [-0.4, -0.2) is 26.1 Å². The van der Waals surface area contributed by atoms with Crippen molar-refractivity contribution in [3.8, 4) is 11.1 Å². The molecule has 34 heavy (non-hydrogen) atoms. The van der Waals surface area contributed by atoms with Gasteiger partial charge in [-0.3, -0.25) is 9.36 Å². The maximum absolute atomic E-state index is 13.1. The largest absolute Gasteiger partial charge is 0.478 e. The standard InChI is InChI=1S/C28H34N2O4/c1-3-5-7-8-11-23-20-30(26(31)14-6-4-2)28(34)29(23)19-21-15-17-22(18-16-21)24-12-9-10-13-25(24)27(32)33/h9-10,12-13,15-18,20H,3-8,11,14,19H2,1-2H3,(H,32,33). The van der Waals surface area contributed by atoms with Crippen LogP contribution in [0.2, 0.25) is 0 Å². The summed E-state index contributed by atoms with van der Waals surface area (Å²) in [5.74, 6) is -1.12. The van der Waals surface area contributed by atoms with Crippen LogP contribution in [0.4, 0.5) is 0 Å². The summed E-state index contributed by atoms with van der Waals surface area (Å²) in [5, 5.41) is 9.48. The molecule has 2 aromatic carbocycles. The molecular weight excluding hydrogens is 428 g/mol. The SMILES string of the molecule is CCCCCCc1cn(C(=O)CCCC)c(=O)n1Cc1ccc(-c2ccccc2C(=O)O)cc1. The van der Waals surface area contributed by atoms with Crippen LogP contribution in [0.25, 0.3) is 11.1 Å². The zero-order chi connectivity index (χ0) is 24.5. The first kappa shape index (κ1) is 25.2. The molecule has 0 fully saturated rings. The Labute approximate surface area is 200 Å². The fourth-order valence-corrected chi connectivity index (χ4v) is 4.15. The van der Waals surface area contributed by atoms with E-state index < -0.39 is 5.97 Å². The molecule has 0 aliphatic heterocycles. The van der Waals surface area contributed by atoms with Gasteiger partial charge < -0.3 is 5.11 Å². The number of benzene rings is 2. The molecule has 3 aromatic rings. The van der Waals surface area contributed by atoms with Gasteiger partial charge in [0.25, 0.3) is 0 Å². The molecule has 1 aromatic heterocycles. The summed E-state index contributed by atoms with van der Waals surface area (Å²) in [6, 6.07) is 14.5. The molecular formula is C28H34N2O4. The van der Waals surface area contributed by atoms with Crippen molar-refractivity contribution in [2.45, 2.75) is 71.8 Å². The summed E-state index contributed by atoms with van der Waals surface area (Å²) >= 11 is 0. The van der Waals surface area contributed by atoms with Crippen LogP contribution in [0, 0.1) is 0 Å².